The first-order valence-electron chi connectivity index (χ1n) is 2.58. The first-order chi connectivity index (χ1) is 4.81. The van der Waals surface area contributed by atoms with Crippen LogP contribution in [0.1, 0.15) is 5.69 Å². The summed E-state index contributed by atoms with van der Waals surface area (Å²) in [5, 5.41) is 0. The molecule has 1 heterocycles. The first-order valence-corrected chi connectivity index (χ1v) is 3.20. The normalized spacial score (nSPS) is 7.18. The van der Waals surface area contributed by atoms with Crippen molar-refractivity contribution in [3.05, 3.63) is 30.1 Å². The second-order valence-electron chi connectivity index (χ2n) is 1.53. The van der Waals surface area contributed by atoms with Crippen molar-refractivity contribution in [3.63, 3.8) is 0 Å². The summed E-state index contributed by atoms with van der Waals surface area (Å²) in [5.41, 5.74) is 1.07. The molecule has 1 aromatic rings. The molecule has 0 aliphatic carbocycles. The summed E-state index contributed by atoms with van der Waals surface area (Å²) in [5.74, 6) is 0. The maximum absolute atomic E-state index is 4.26. The van der Waals surface area contributed by atoms with Gasteiger partial charge in [0.25, 0.3) is 0 Å². The van der Waals surface area contributed by atoms with Crippen molar-refractivity contribution in [2.75, 3.05) is 0 Å². The van der Waals surface area contributed by atoms with E-state index in [0.717, 1.165) is 5.69 Å². The van der Waals surface area contributed by atoms with Gasteiger partial charge in [0.2, 0.25) is 0 Å². The topological polar surface area (TPSA) is 22.1 Å². The molecule has 0 saturated carbocycles. The van der Waals surface area contributed by atoms with Crippen molar-refractivity contribution >= 4 is 40.8 Å². The summed E-state index contributed by atoms with van der Waals surface area (Å²) >= 11 is 8.53. The van der Waals surface area contributed by atoms with Gasteiger partial charge in [-0.25, -0.2) is 0 Å². The van der Waals surface area contributed by atoms with E-state index in [4.69, 9.17) is 0 Å². The van der Waals surface area contributed by atoms with Gasteiger partial charge in [0.05, 0.1) is 23.7 Å². The molecule has 1 rings (SSSR count). The van der Waals surface area contributed by atoms with Crippen LogP contribution in [0, 0.1) is 6.92 Å². The smallest absolute Gasteiger partial charge is 0.0832 e. The Bertz CT molecular complexity index is 162. The summed E-state index contributed by atoms with van der Waals surface area (Å²) in [6, 6.07) is 5.86. The number of aryl methyl sites for hydroxylation is 1. The van der Waals surface area contributed by atoms with Crippen LogP contribution in [0.5, 0.6) is 0 Å². The zero-order valence-corrected chi connectivity index (χ0v) is 9.05. The Labute approximate surface area is 86.7 Å². The Morgan fingerprint density at radius 3 is 2.09 bits per heavy atom. The fourth-order valence-electron chi connectivity index (χ4n) is 0.448. The molecular weight excluding hydrogens is 252 g/mol. The van der Waals surface area contributed by atoms with Crippen LogP contribution >= 0.6 is 23.7 Å². The maximum atomic E-state index is 4.26. The molecule has 2 nitrogen and oxygen atoms in total. The van der Waals surface area contributed by atoms with Crippen LogP contribution in [0.25, 0.3) is 0 Å². The van der Waals surface area contributed by atoms with Crippen LogP contribution < -0.4 is 0 Å². The second kappa shape index (κ2) is 10.2. The molecule has 5 heteroatoms. The van der Waals surface area contributed by atoms with Gasteiger partial charge < -0.3 is 0 Å². The number of hydrogen-bond donors (Lipinski definition) is 0. The zero-order chi connectivity index (χ0) is 7.82. The van der Waals surface area contributed by atoms with Crippen molar-refractivity contribution in [2.24, 2.45) is 0 Å². The van der Waals surface area contributed by atoms with Crippen molar-refractivity contribution in [3.8, 4) is 0 Å². The van der Waals surface area contributed by atoms with Gasteiger partial charge in [0.15, 0.2) is 0 Å². The van der Waals surface area contributed by atoms with Crippen LogP contribution in [-0.2, 0) is 3.84 Å². The Morgan fingerprint density at radius 2 is 1.91 bits per heavy atom. The summed E-state index contributed by atoms with van der Waals surface area (Å²) in [6.07, 6.45) is 1.79. The molecule has 11 heavy (non-hydrogen) atoms. The van der Waals surface area contributed by atoms with Crippen molar-refractivity contribution in [1.82, 2.24) is 4.98 Å². The van der Waals surface area contributed by atoms with E-state index in [1.165, 1.54) is 0 Å². The van der Waals surface area contributed by atoms with Crippen LogP contribution in [0.2, 0.25) is 0 Å². The molecule has 0 fully saturated rings. The van der Waals surface area contributed by atoms with Crippen LogP contribution in [0.15, 0.2) is 24.4 Å². The number of rotatable bonds is 0. The van der Waals surface area contributed by atoms with Crippen LogP contribution in [-0.4, -0.2) is 22.1 Å². The van der Waals surface area contributed by atoms with Crippen LogP contribution in [0.3, 0.4) is 0 Å². The molecule has 2 radical (unpaired) electrons. The molecule has 0 saturated heterocycles. The summed E-state index contributed by atoms with van der Waals surface area (Å²) in [6.45, 7) is 1.97. The average molecular weight is 259 g/mol. The molecule has 0 aliphatic rings. The van der Waals surface area contributed by atoms with Crippen molar-refractivity contribution < 1.29 is 3.84 Å². The molecule has 0 aliphatic heterocycles. The SMILES string of the molecule is Cc1ccccn1.ClOCl.[Se]. The minimum atomic E-state index is 0. The third kappa shape index (κ3) is 10.2. The van der Waals surface area contributed by atoms with Gasteiger partial charge in [-0.1, -0.05) is 6.07 Å². The van der Waals surface area contributed by atoms with Gasteiger partial charge in [-0.15, -0.1) is 0 Å². The summed E-state index contributed by atoms with van der Waals surface area (Å²) in [7, 11) is 0. The molecule has 62 valence electrons. The average Bonchev–Trinajstić information content (AvgIpc) is 1.91. The van der Waals surface area contributed by atoms with E-state index < -0.39 is 0 Å². The van der Waals surface area contributed by atoms with E-state index in [1.54, 1.807) is 6.20 Å². The maximum Gasteiger partial charge on any atom is 0.0832 e. The predicted molar refractivity (Wildman–Crippen MR) is 47.5 cm³/mol. The number of hydrogen-bond acceptors (Lipinski definition) is 2. The minimum Gasteiger partial charge on any atom is -0.262 e. The van der Waals surface area contributed by atoms with Gasteiger partial charge in [-0.05, 0) is 19.1 Å². The van der Waals surface area contributed by atoms with Gasteiger partial charge in [0, 0.05) is 29.0 Å². The fraction of sp³-hybridized carbons (Fsp3) is 0.167. The quantitative estimate of drug-likeness (QED) is 0.667. The molecule has 0 aromatic carbocycles. The Balaban J connectivity index is 0. The molecule has 0 spiro atoms. The van der Waals surface area contributed by atoms with Crippen molar-refractivity contribution in [1.29, 1.82) is 0 Å². The van der Waals surface area contributed by atoms with Gasteiger partial charge in [0.1, 0.15) is 0 Å². The third-order valence-electron chi connectivity index (χ3n) is 0.813. The predicted octanol–water partition coefficient (Wildman–Crippen LogP) is 2.32. The van der Waals surface area contributed by atoms with E-state index in [1.807, 2.05) is 25.1 Å². The van der Waals surface area contributed by atoms with E-state index in [-0.39, 0.29) is 17.1 Å². The molecule has 1 aromatic heterocycles. The molecule has 0 atom stereocenters. The van der Waals surface area contributed by atoms with E-state index in [0.29, 0.717) is 0 Å². The van der Waals surface area contributed by atoms with Crippen molar-refractivity contribution in [2.45, 2.75) is 6.92 Å². The van der Waals surface area contributed by atoms with E-state index in [9.17, 15) is 0 Å². The molecule has 0 N–H and O–H groups in total. The first kappa shape index (κ1) is 13.8. The summed E-state index contributed by atoms with van der Waals surface area (Å²) in [4.78, 5) is 3.98. The minimum absolute atomic E-state index is 0. The number of pyridine rings is 1. The standard InChI is InChI=1S/C6H7N.Cl2O.Se/c1-6-4-2-3-5-7-6;1-3-2;/h2-5H,1H3;;. The largest absolute Gasteiger partial charge is 0.262 e. The number of aromatic nitrogens is 1. The zero-order valence-electron chi connectivity index (χ0n) is 5.83. The Hall–Kier alpha value is 0.209. The number of halogens is 2. The molecular formula is C6H7Cl2NOSe. The molecule has 0 bridgehead atoms. The Kier molecular flexibility index (Phi) is 12.8. The van der Waals surface area contributed by atoms with Gasteiger partial charge >= 0.3 is 0 Å². The fourth-order valence-corrected chi connectivity index (χ4v) is 0.448. The third-order valence-corrected chi connectivity index (χ3v) is 0.813. The van der Waals surface area contributed by atoms with E-state index in [2.05, 4.69) is 32.6 Å². The second-order valence-corrected chi connectivity index (χ2v) is 2.00. The van der Waals surface area contributed by atoms with E-state index >= 15 is 0 Å². The van der Waals surface area contributed by atoms with Gasteiger partial charge in [-0.3, -0.25) is 4.98 Å². The monoisotopic (exact) mass is 259 g/mol. The summed E-state index contributed by atoms with van der Waals surface area (Å²) < 4.78 is 3.19. The number of nitrogens with zero attached hydrogens (tertiary/aromatic N) is 1. The molecule has 0 amide bonds. The Morgan fingerprint density at radius 1 is 1.36 bits per heavy atom. The van der Waals surface area contributed by atoms with Crippen LogP contribution in [0.4, 0.5) is 0 Å². The molecule has 0 unspecified atom stereocenters. The van der Waals surface area contributed by atoms with Gasteiger partial charge in [-0.2, -0.15) is 3.84 Å².